The lowest BCUT2D eigenvalue weighted by Gasteiger charge is -2.09. The fourth-order valence-corrected chi connectivity index (χ4v) is 3.98. The summed E-state index contributed by atoms with van der Waals surface area (Å²) in [5.41, 5.74) is 3.23. The van der Waals surface area contributed by atoms with Gasteiger partial charge in [0, 0.05) is 22.5 Å². The van der Waals surface area contributed by atoms with Gasteiger partial charge in [-0.05, 0) is 54.2 Å². The molecule has 2 aromatic carbocycles. The smallest absolute Gasteiger partial charge is 0.261 e. The van der Waals surface area contributed by atoms with Crippen LogP contribution < -0.4 is 4.72 Å². The van der Waals surface area contributed by atoms with Gasteiger partial charge in [0.05, 0.1) is 4.90 Å². The molecule has 0 saturated heterocycles. The van der Waals surface area contributed by atoms with Gasteiger partial charge in [-0.2, -0.15) is 0 Å². The third-order valence-corrected chi connectivity index (χ3v) is 5.79. The van der Waals surface area contributed by atoms with Crippen LogP contribution in [0.25, 0.3) is 11.3 Å². The van der Waals surface area contributed by atoms with Crippen molar-refractivity contribution in [3.63, 3.8) is 0 Å². The number of anilines is 1. The van der Waals surface area contributed by atoms with Gasteiger partial charge in [0.15, 0.2) is 0 Å². The van der Waals surface area contributed by atoms with E-state index in [1.165, 1.54) is 11.5 Å². The van der Waals surface area contributed by atoms with Crippen LogP contribution in [0.1, 0.15) is 12.0 Å². The Balaban J connectivity index is 1.72. The summed E-state index contributed by atoms with van der Waals surface area (Å²) in [4.78, 5) is 0.231. The Morgan fingerprint density at radius 1 is 1.04 bits per heavy atom. The molecule has 0 amide bonds. The molecule has 1 heterocycles. The third kappa shape index (κ3) is 4.56. The monoisotopic (exact) mass is 393 g/mol. The first-order valence-corrected chi connectivity index (χ1v) is 10.5. The number of benzene rings is 2. The van der Waals surface area contributed by atoms with Crippen molar-refractivity contribution in [3.8, 4) is 11.3 Å². The van der Waals surface area contributed by atoms with Gasteiger partial charge < -0.3 is 0 Å². The Morgan fingerprint density at radius 3 is 2.36 bits per heavy atom. The minimum Gasteiger partial charge on any atom is -0.280 e. The third-order valence-electron chi connectivity index (χ3n) is 3.63. The molecular formula is C17H16ClN3O2S2. The molecule has 130 valence electrons. The number of aromatic nitrogens is 2. The summed E-state index contributed by atoms with van der Waals surface area (Å²) in [5.74, 6) is 0.592. The molecule has 0 radical (unpaired) electrons. The largest absolute Gasteiger partial charge is 0.280 e. The van der Waals surface area contributed by atoms with Crippen molar-refractivity contribution in [2.45, 2.75) is 17.7 Å². The topological polar surface area (TPSA) is 72.0 Å². The quantitative estimate of drug-likeness (QED) is 0.611. The van der Waals surface area contributed by atoms with E-state index >= 15 is 0 Å². The van der Waals surface area contributed by atoms with Crippen molar-refractivity contribution in [1.29, 1.82) is 0 Å². The molecule has 0 aliphatic heterocycles. The minimum atomic E-state index is -3.62. The molecule has 0 spiro atoms. The zero-order valence-electron chi connectivity index (χ0n) is 13.2. The summed E-state index contributed by atoms with van der Waals surface area (Å²) < 4.78 is 31.4. The molecule has 8 heteroatoms. The van der Waals surface area contributed by atoms with Gasteiger partial charge in [0.1, 0.15) is 5.69 Å². The average Bonchev–Trinajstić information content (AvgIpc) is 3.15. The maximum Gasteiger partial charge on any atom is 0.261 e. The van der Waals surface area contributed by atoms with Crippen LogP contribution in [0.15, 0.2) is 58.8 Å². The number of halogens is 1. The summed E-state index contributed by atoms with van der Waals surface area (Å²) in [6.45, 7) is 0. The summed E-state index contributed by atoms with van der Waals surface area (Å²) in [7, 11) is -3.62. The predicted molar refractivity (Wildman–Crippen MR) is 102 cm³/mol. The molecule has 0 atom stereocenters. The highest BCUT2D eigenvalue weighted by molar-refractivity contribution is 7.92. The zero-order valence-corrected chi connectivity index (χ0v) is 15.6. The van der Waals surface area contributed by atoms with Crippen molar-refractivity contribution in [1.82, 2.24) is 9.59 Å². The van der Waals surface area contributed by atoms with E-state index in [4.69, 9.17) is 11.6 Å². The van der Waals surface area contributed by atoms with Crippen LogP contribution in [0.4, 0.5) is 5.69 Å². The van der Waals surface area contributed by atoms with Gasteiger partial charge in [-0.3, -0.25) is 4.72 Å². The number of hydrogen-bond donors (Lipinski definition) is 1. The van der Waals surface area contributed by atoms with Crippen molar-refractivity contribution >= 4 is 38.8 Å². The van der Waals surface area contributed by atoms with E-state index in [1.54, 1.807) is 24.3 Å². The summed E-state index contributed by atoms with van der Waals surface area (Å²) in [5, 5.41) is 5.83. The van der Waals surface area contributed by atoms with Crippen molar-refractivity contribution in [2.24, 2.45) is 0 Å². The molecule has 0 saturated carbocycles. The molecule has 1 aromatic heterocycles. The summed E-state index contributed by atoms with van der Waals surface area (Å²) in [6.07, 6.45) is 1.71. The first kappa shape index (κ1) is 17.8. The maximum atomic E-state index is 12.5. The molecule has 0 aliphatic rings. The maximum absolute atomic E-state index is 12.5. The van der Waals surface area contributed by atoms with E-state index in [9.17, 15) is 8.42 Å². The first-order chi connectivity index (χ1) is 12.1. The van der Waals surface area contributed by atoms with Crippen molar-refractivity contribution in [3.05, 3.63) is 59.5 Å². The van der Waals surface area contributed by atoms with Crippen LogP contribution in [0.5, 0.6) is 0 Å². The van der Waals surface area contributed by atoms with Crippen LogP contribution in [-0.4, -0.2) is 23.9 Å². The second kappa shape index (κ2) is 7.95. The molecular weight excluding hydrogens is 378 g/mol. The zero-order chi connectivity index (χ0) is 17.7. The van der Waals surface area contributed by atoms with Crippen LogP contribution in [0.3, 0.4) is 0 Å². The number of aryl methyl sites for hydroxylation is 1. The Bertz CT molecular complexity index is 910. The highest BCUT2D eigenvalue weighted by Crippen LogP contribution is 2.22. The van der Waals surface area contributed by atoms with Gasteiger partial charge in [-0.25, -0.2) is 8.42 Å². The lowest BCUT2D eigenvalue weighted by molar-refractivity contribution is 0.601. The van der Waals surface area contributed by atoms with E-state index in [0.29, 0.717) is 11.6 Å². The number of nitrogens with zero attached hydrogens (tertiary/aromatic N) is 2. The molecule has 0 bridgehead atoms. The van der Waals surface area contributed by atoms with Crippen molar-refractivity contribution in [2.75, 3.05) is 10.6 Å². The van der Waals surface area contributed by atoms with Crippen LogP contribution in [0, 0.1) is 0 Å². The molecule has 0 fully saturated rings. The predicted octanol–water partition coefficient (Wildman–Crippen LogP) is 4.18. The van der Waals surface area contributed by atoms with Gasteiger partial charge in [-0.15, -0.1) is 16.7 Å². The van der Waals surface area contributed by atoms with Crippen LogP contribution in [-0.2, 0) is 16.4 Å². The molecule has 0 unspecified atom stereocenters. The van der Waals surface area contributed by atoms with E-state index in [0.717, 1.165) is 29.7 Å². The molecule has 25 heavy (non-hydrogen) atoms. The lowest BCUT2D eigenvalue weighted by atomic mass is 10.1. The van der Waals surface area contributed by atoms with Crippen LogP contribution in [0.2, 0.25) is 0 Å². The Morgan fingerprint density at radius 2 is 1.76 bits per heavy atom. The van der Waals surface area contributed by atoms with E-state index in [2.05, 4.69) is 14.3 Å². The van der Waals surface area contributed by atoms with Gasteiger partial charge in [0.2, 0.25) is 0 Å². The first-order valence-electron chi connectivity index (χ1n) is 7.64. The Kier molecular flexibility index (Phi) is 5.67. The van der Waals surface area contributed by atoms with E-state index < -0.39 is 10.0 Å². The van der Waals surface area contributed by atoms with Crippen molar-refractivity contribution < 1.29 is 8.42 Å². The lowest BCUT2D eigenvalue weighted by Crippen LogP contribution is -2.12. The minimum absolute atomic E-state index is 0.231. The molecule has 1 N–H and O–H groups in total. The SMILES string of the molecule is O=S(=O)(Nc1ccc(-c2csnn2)cc1)c1ccc(CCCCl)cc1. The fourth-order valence-electron chi connectivity index (χ4n) is 2.32. The average molecular weight is 394 g/mol. The molecule has 3 aromatic rings. The van der Waals surface area contributed by atoms with Gasteiger partial charge in [-0.1, -0.05) is 28.8 Å². The van der Waals surface area contributed by atoms with E-state index in [1.807, 2.05) is 29.6 Å². The normalized spacial score (nSPS) is 11.4. The number of rotatable bonds is 7. The molecule has 3 rings (SSSR count). The fraction of sp³-hybridized carbons (Fsp3) is 0.176. The standard InChI is InChI=1S/C17H16ClN3O2S2/c18-11-1-2-13-3-9-16(10-4-13)25(22,23)20-15-7-5-14(6-8-15)17-12-24-21-19-17/h3-10,12,20H,1-2,11H2. The second-order valence-corrected chi connectivity index (χ2v) is 8.08. The molecule has 0 aliphatic carbocycles. The number of sulfonamides is 1. The second-order valence-electron chi connectivity index (χ2n) is 5.41. The molecule has 5 nitrogen and oxygen atoms in total. The van der Waals surface area contributed by atoms with Gasteiger partial charge >= 0.3 is 0 Å². The van der Waals surface area contributed by atoms with Gasteiger partial charge in [0.25, 0.3) is 10.0 Å². The van der Waals surface area contributed by atoms with E-state index in [-0.39, 0.29) is 4.90 Å². The Labute approximate surface area is 155 Å². The highest BCUT2D eigenvalue weighted by atomic mass is 35.5. The summed E-state index contributed by atoms with van der Waals surface area (Å²) >= 11 is 6.95. The highest BCUT2D eigenvalue weighted by Gasteiger charge is 2.14. The number of hydrogen-bond acceptors (Lipinski definition) is 5. The summed E-state index contributed by atoms with van der Waals surface area (Å²) in [6, 6.07) is 13.9. The number of nitrogens with one attached hydrogen (secondary N) is 1. The number of alkyl halides is 1. The Hall–Kier alpha value is -1.96. The van der Waals surface area contributed by atoms with Crippen LogP contribution >= 0.6 is 23.1 Å².